The fraction of sp³-hybridized carbons (Fsp3) is 0.462. The van der Waals surface area contributed by atoms with E-state index < -0.39 is 5.97 Å². The van der Waals surface area contributed by atoms with E-state index in [1.54, 1.807) is 13.2 Å². The number of hydrogen-bond acceptors (Lipinski definition) is 4. The van der Waals surface area contributed by atoms with Crippen LogP contribution >= 0.6 is 0 Å². The van der Waals surface area contributed by atoms with Gasteiger partial charge in [0, 0.05) is 7.11 Å². The number of carbonyl (C=O) groups is 1. The van der Waals surface area contributed by atoms with Gasteiger partial charge in [0.1, 0.15) is 17.9 Å². The molecule has 18 heavy (non-hydrogen) atoms. The second kappa shape index (κ2) is 7.68. The Morgan fingerprint density at radius 2 is 1.94 bits per heavy atom. The molecule has 1 N–H and O–H groups in total. The van der Waals surface area contributed by atoms with E-state index in [4.69, 9.17) is 19.3 Å². The maximum absolute atomic E-state index is 11.0. The molecule has 1 rings (SSSR count). The van der Waals surface area contributed by atoms with Crippen LogP contribution in [0, 0.1) is 6.92 Å². The highest BCUT2D eigenvalue weighted by Gasteiger charge is 2.12. The van der Waals surface area contributed by atoms with Crippen LogP contribution in [0.5, 0.6) is 5.75 Å². The van der Waals surface area contributed by atoms with Crippen LogP contribution in [0.2, 0.25) is 0 Å². The van der Waals surface area contributed by atoms with Crippen molar-refractivity contribution in [1.29, 1.82) is 0 Å². The van der Waals surface area contributed by atoms with Gasteiger partial charge in [-0.25, -0.2) is 4.79 Å². The minimum absolute atomic E-state index is 0.173. The number of ether oxygens (including phenoxy) is 3. The normalized spacial score (nSPS) is 10.3. The second-order valence-corrected chi connectivity index (χ2v) is 3.71. The lowest BCUT2D eigenvalue weighted by Crippen LogP contribution is -2.12. The van der Waals surface area contributed by atoms with Gasteiger partial charge in [0.2, 0.25) is 0 Å². The fourth-order valence-corrected chi connectivity index (χ4v) is 1.46. The molecule has 0 aromatic heterocycles. The molecular formula is C13H18O5. The Bertz CT molecular complexity index is 389. The van der Waals surface area contributed by atoms with Crippen molar-refractivity contribution >= 4 is 5.97 Å². The van der Waals surface area contributed by atoms with E-state index in [-0.39, 0.29) is 5.56 Å². The summed E-state index contributed by atoms with van der Waals surface area (Å²) >= 11 is 0. The number of para-hydroxylation sites is 1. The van der Waals surface area contributed by atoms with Crippen LogP contribution in [-0.4, -0.2) is 44.6 Å². The average Bonchev–Trinajstić information content (AvgIpc) is 2.34. The van der Waals surface area contributed by atoms with E-state index in [2.05, 4.69) is 0 Å². The first kappa shape index (κ1) is 14.5. The molecular weight excluding hydrogens is 236 g/mol. The number of aryl methyl sites for hydroxylation is 1. The monoisotopic (exact) mass is 254 g/mol. The lowest BCUT2D eigenvalue weighted by Gasteiger charge is -2.12. The summed E-state index contributed by atoms with van der Waals surface area (Å²) in [6, 6.07) is 5.03. The highest BCUT2D eigenvalue weighted by molar-refractivity contribution is 5.91. The molecule has 0 aliphatic heterocycles. The van der Waals surface area contributed by atoms with Crippen molar-refractivity contribution in [3.63, 3.8) is 0 Å². The SMILES string of the molecule is COCCOCCOc1c(C)cccc1C(=O)O. The molecule has 0 bridgehead atoms. The third-order valence-corrected chi connectivity index (χ3v) is 2.35. The van der Waals surface area contributed by atoms with Gasteiger partial charge < -0.3 is 19.3 Å². The number of hydrogen-bond donors (Lipinski definition) is 1. The molecule has 0 unspecified atom stereocenters. The summed E-state index contributed by atoms with van der Waals surface area (Å²) in [5, 5.41) is 9.03. The number of aromatic carboxylic acids is 1. The smallest absolute Gasteiger partial charge is 0.339 e. The molecule has 1 aromatic rings. The topological polar surface area (TPSA) is 65.0 Å². The molecule has 5 heteroatoms. The van der Waals surface area contributed by atoms with Gasteiger partial charge in [0.05, 0.1) is 19.8 Å². The predicted molar refractivity (Wildman–Crippen MR) is 66.3 cm³/mol. The summed E-state index contributed by atoms with van der Waals surface area (Å²) < 4.78 is 15.5. The molecule has 0 atom stereocenters. The van der Waals surface area contributed by atoms with E-state index in [1.807, 2.05) is 13.0 Å². The number of rotatable bonds is 8. The van der Waals surface area contributed by atoms with Gasteiger partial charge in [-0.2, -0.15) is 0 Å². The fourth-order valence-electron chi connectivity index (χ4n) is 1.46. The Labute approximate surface area is 106 Å². The van der Waals surface area contributed by atoms with Crippen molar-refractivity contribution < 1.29 is 24.1 Å². The first-order valence-corrected chi connectivity index (χ1v) is 5.69. The van der Waals surface area contributed by atoms with Crippen LogP contribution < -0.4 is 4.74 Å². The summed E-state index contributed by atoms with van der Waals surface area (Å²) in [6.45, 7) is 3.56. The molecule has 0 aliphatic rings. The highest BCUT2D eigenvalue weighted by atomic mass is 16.5. The van der Waals surface area contributed by atoms with Crippen molar-refractivity contribution in [2.75, 3.05) is 33.5 Å². The number of benzene rings is 1. The number of carboxylic acid groups (broad SMARTS) is 1. The zero-order valence-corrected chi connectivity index (χ0v) is 10.6. The largest absolute Gasteiger partial charge is 0.490 e. The van der Waals surface area contributed by atoms with Crippen LogP contribution in [0.25, 0.3) is 0 Å². The van der Waals surface area contributed by atoms with Crippen molar-refractivity contribution in [2.45, 2.75) is 6.92 Å². The van der Waals surface area contributed by atoms with Gasteiger partial charge >= 0.3 is 5.97 Å². The van der Waals surface area contributed by atoms with Gasteiger partial charge in [0.25, 0.3) is 0 Å². The molecule has 100 valence electrons. The number of methoxy groups -OCH3 is 1. The zero-order chi connectivity index (χ0) is 13.4. The van der Waals surface area contributed by atoms with Crippen molar-refractivity contribution in [3.05, 3.63) is 29.3 Å². The maximum Gasteiger partial charge on any atom is 0.339 e. The third-order valence-electron chi connectivity index (χ3n) is 2.35. The van der Waals surface area contributed by atoms with Gasteiger partial charge in [-0.3, -0.25) is 0 Å². The van der Waals surface area contributed by atoms with Crippen molar-refractivity contribution in [1.82, 2.24) is 0 Å². The zero-order valence-electron chi connectivity index (χ0n) is 10.6. The lowest BCUT2D eigenvalue weighted by atomic mass is 10.1. The number of carboxylic acids is 1. The molecule has 0 heterocycles. The second-order valence-electron chi connectivity index (χ2n) is 3.71. The Kier molecular flexibility index (Phi) is 6.18. The Morgan fingerprint density at radius 1 is 1.22 bits per heavy atom. The third kappa shape index (κ3) is 4.35. The molecule has 0 saturated heterocycles. The van der Waals surface area contributed by atoms with Crippen LogP contribution in [0.3, 0.4) is 0 Å². The molecule has 0 amide bonds. The summed E-state index contributed by atoms with van der Waals surface area (Å²) in [5.74, 6) is -0.589. The molecule has 1 aromatic carbocycles. The van der Waals surface area contributed by atoms with Crippen molar-refractivity contribution in [2.24, 2.45) is 0 Å². The van der Waals surface area contributed by atoms with E-state index in [9.17, 15) is 4.79 Å². The maximum atomic E-state index is 11.0. The highest BCUT2D eigenvalue weighted by Crippen LogP contribution is 2.23. The van der Waals surface area contributed by atoms with Gasteiger partial charge in [-0.1, -0.05) is 12.1 Å². The average molecular weight is 254 g/mol. The molecule has 0 radical (unpaired) electrons. The quantitative estimate of drug-likeness (QED) is 0.716. The van der Waals surface area contributed by atoms with Gasteiger partial charge in [0.15, 0.2) is 0 Å². The molecule has 0 spiro atoms. The lowest BCUT2D eigenvalue weighted by molar-refractivity contribution is 0.0534. The minimum atomic E-state index is -0.992. The van der Waals surface area contributed by atoms with Crippen LogP contribution in [0.1, 0.15) is 15.9 Å². The standard InChI is InChI=1S/C13H18O5/c1-10-4-3-5-11(13(14)15)12(10)18-9-8-17-7-6-16-2/h3-5H,6-9H2,1-2H3,(H,14,15). The van der Waals surface area contributed by atoms with E-state index in [0.717, 1.165) is 5.56 Å². The van der Waals surface area contributed by atoms with E-state index in [1.165, 1.54) is 6.07 Å². The van der Waals surface area contributed by atoms with Crippen LogP contribution in [0.4, 0.5) is 0 Å². The summed E-state index contributed by atoms with van der Waals surface area (Å²) in [5.41, 5.74) is 0.971. The molecule has 0 aliphatic carbocycles. The van der Waals surface area contributed by atoms with E-state index >= 15 is 0 Å². The van der Waals surface area contributed by atoms with Crippen molar-refractivity contribution in [3.8, 4) is 5.75 Å². The first-order valence-electron chi connectivity index (χ1n) is 5.69. The molecule has 5 nitrogen and oxygen atoms in total. The van der Waals surface area contributed by atoms with Gasteiger partial charge in [-0.15, -0.1) is 0 Å². The van der Waals surface area contributed by atoms with Crippen LogP contribution in [-0.2, 0) is 9.47 Å². The molecule has 0 fully saturated rings. The Balaban J connectivity index is 2.48. The van der Waals surface area contributed by atoms with Gasteiger partial charge in [-0.05, 0) is 18.6 Å². The van der Waals surface area contributed by atoms with Crippen LogP contribution in [0.15, 0.2) is 18.2 Å². The minimum Gasteiger partial charge on any atom is -0.490 e. The summed E-state index contributed by atoms with van der Waals surface area (Å²) in [4.78, 5) is 11.0. The predicted octanol–water partition coefficient (Wildman–Crippen LogP) is 1.74. The van der Waals surface area contributed by atoms with E-state index in [0.29, 0.717) is 32.2 Å². The Hall–Kier alpha value is -1.59. The first-order chi connectivity index (χ1) is 8.66. The summed E-state index contributed by atoms with van der Waals surface area (Å²) in [7, 11) is 1.60. The molecule has 0 saturated carbocycles. The Morgan fingerprint density at radius 3 is 2.61 bits per heavy atom. The summed E-state index contributed by atoms with van der Waals surface area (Å²) in [6.07, 6.45) is 0.